The second kappa shape index (κ2) is 9.59. The number of rotatable bonds is 6. The van der Waals surface area contributed by atoms with Crippen molar-refractivity contribution in [3.05, 3.63) is 0 Å². The Bertz CT molecular complexity index is 279. The van der Waals surface area contributed by atoms with Gasteiger partial charge in [-0.1, -0.05) is 27.2 Å². The fourth-order valence-electron chi connectivity index (χ4n) is 2.52. The number of nitrogens with zero attached hydrogens (tertiary/aromatic N) is 1. The van der Waals surface area contributed by atoms with Crippen LogP contribution in [0.3, 0.4) is 0 Å². The van der Waals surface area contributed by atoms with Gasteiger partial charge < -0.3 is 11.1 Å². The van der Waals surface area contributed by atoms with Gasteiger partial charge in [-0.15, -0.1) is 12.4 Å². The molecular weight excluding hydrogens is 274 g/mol. The van der Waals surface area contributed by atoms with Gasteiger partial charge >= 0.3 is 0 Å². The number of nitrogens with one attached hydrogen (secondary N) is 1. The monoisotopic (exact) mass is 305 g/mol. The van der Waals surface area contributed by atoms with Crippen LogP contribution in [0.5, 0.6) is 0 Å². The summed E-state index contributed by atoms with van der Waals surface area (Å²) < 4.78 is 0. The van der Waals surface area contributed by atoms with E-state index in [0.29, 0.717) is 24.4 Å². The Morgan fingerprint density at radius 2 is 2.05 bits per heavy atom. The summed E-state index contributed by atoms with van der Waals surface area (Å²) in [6.45, 7) is 10.4. The Kier molecular flexibility index (Phi) is 9.43. The average Bonchev–Trinajstić information content (AvgIpc) is 2.34. The molecule has 1 rings (SSSR count). The molecule has 1 heterocycles. The molecule has 0 aromatic carbocycles. The molecule has 3 N–H and O–H groups in total. The van der Waals surface area contributed by atoms with Crippen molar-refractivity contribution >= 4 is 18.3 Å². The van der Waals surface area contributed by atoms with E-state index < -0.39 is 0 Å². The molecule has 0 radical (unpaired) electrons. The van der Waals surface area contributed by atoms with Crippen LogP contribution in [0.25, 0.3) is 0 Å². The number of amides is 1. The van der Waals surface area contributed by atoms with Crippen molar-refractivity contribution in [3.63, 3.8) is 0 Å². The number of halogens is 1. The molecule has 1 fully saturated rings. The minimum absolute atomic E-state index is 0. The van der Waals surface area contributed by atoms with E-state index in [1.165, 1.54) is 32.2 Å². The van der Waals surface area contributed by atoms with Crippen LogP contribution in [0.4, 0.5) is 0 Å². The second-order valence-electron chi connectivity index (χ2n) is 6.84. The first-order chi connectivity index (χ1) is 8.92. The van der Waals surface area contributed by atoms with Crippen molar-refractivity contribution in [2.75, 3.05) is 26.2 Å². The van der Waals surface area contributed by atoms with E-state index >= 15 is 0 Å². The lowest BCUT2D eigenvalue weighted by Crippen LogP contribution is -2.47. The fourth-order valence-corrected chi connectivity index (χ4v) is 2.52. The highest BCUT2D eigenvalue weighted by Crippen LogP contribution is 2.22. The SMILES string of the molecule is CC(C)(C)CCN1CCCCC1CNC(=O)CCN.Cl. The zero-order chi connectivity index (χ0) is 14.3. The molecule has 1 atom stereocenters. The van der Waals surface area contributed by atoms with Gasteiger partial charge in [-0.2, -0.15) is 0 Å². The molecule has 1 saturated heterocycles. The van der Waals surface area contributed by atoms with Crippen LogP contribution in [-0.4, -0.2) is 43.0 Å². The Morgan fingerprint density at radius 3 is 2.65 bits per heavy atom. The van der Waals surface area contributed by atoms with Crippen molar-refractivity contribution in [1.29, 1.82) is 0 Å². The van der Waals surface area contributed by atoms with Gasteiger partial charge in [-0.3, -0.25) is 9.69 Å². The summed E-state index contributed by atoms with van der Waals surface area (Å²) in [5.41, 5.74) is 5.77. The highest BCUT2D eigenvalue weighted by molar-refractivity contribution is 5.85. The third-order valence-electron chi connectivity index (χ3n) is 3.80. The van der Waals surface area contributed by atoms with Gasteiger partial charge in [0, 0.05) is 25.6 Å². The molecule has 0 bridgehead atoms. The van der Waals surface area contributed by atoms with E-state index in [4.69, 9.17) is 5.73 Å². The lowest BCUT2D eigenvalue weighted by atomic mass is 9.91. The third-order valence-corrected chi connectivity index (χ3v) is 3.80. The summed E-state index contributed by atoms with van der Waals surface area (Å²) in [7, 11) is 0. The van der Waals surface area contributed by atoms with Crippen LogP contribution in [0.2, 0.25) is 0 Å². The average molecular weight is 306 g/mol. The van der Waals surface area contributed by atoms with Crippen molar-refractivity contribution in [3.8, 4) is 0 Å². The quantitative estimate of drug-likeness (QED) is 0.790. The number of piperidine rings is 1. The molecule has 1 amide bonds. The summed E-state index contributed by atoms with van der Waals surface area (Å²) in [6, 6.07) is 0.512. The lowest BCUT2D eigenvalue weighted by molar-refractivity contribution is -0.121. The van der Waals surface area contributed by atoms with E-state index in [1.54, 1.807) is 0 Å². The van der Waals surface area contributed by atoms with Crippen molar-refractivity contribution < 1.29 is 4.79 Å². The molecule has 1 aliphatic rings. The topological polar surface area (TPSA) is 58.4 Å². The first kappa shape index (κ1) is 19.7. The van der Waals surface area contributed by atoms with E-state index in [0.717, 1.165) is 13.1 Å². The lowest BCUT2D eigenvalue weighted by Gasteiger charge is -2.37. The number of nitrogens with two attached hydrogens (primary N) is 1. The zero-order valence-corrected chi connectivity index (χ0v) is 14.1. The van der Waals surface area contributed by atoms with E-state index in [1.807, 2.05) is 0 Å². The molecule has 0 aliphatic carbocycles. The number of carbonyl (C=O) groups is 1. The smallest absolute Gasteiger partial charge is 0.221 e. The number of hydrogen-bond donors (Lipinski definition) is 2. The third kappa shape index (κ3) is 8.08. The van der Waals surface area contributed by atoms with Crippen molar-refractivity contribution in [1.82, 2.24) is 10.2 Å². The maximum Gasteiger partial charge on any atom is 0.221 e. The van der Waals surface area contributed by atoms with Gasteiger partial charge in [0.1, 0.15) is 0 Å². The highest BCUT2D eigenvalue weighted by atomic mass is 35.5. The molecule has 20 heavy (non-hydrogen) atoms. The Morgan fingerprint density at radius 1 is 1.35 bits per heavy atom. The van der Waals surface area contributed by atoms with Crippen molar-refractivity contribution in [2.45, 2.75) is 58.9 Å². The molecule has 4 nitrogen and oxygen atoms in total. The Labute approximate surface area is 130 Å². The normalized spacial score (nSPS) is 20.3. The zero-order valence-electron chi connectivity index (χ0n) is 13.3. The minimum atomic E-state index is 0. The first-order valence-electron chi connectivity index (χ1n) is 7.63. The van der Waals surface area contributed by atoms with E-state index in [9.17, 15) is 4.79 Å². The van der Waals surface area contributed by atoms with Crippen LogP contribution < -0.4 is 11.1 Å². The van der Waals surface area contributed by atoms with Crippen LogP contribution >= 0.6 is 12.4 Å². The number of likely N-dealkylation sites (tertiary alicyclic amines) is 1. The maximum absolute atomic E-state index is 11.5. The summed E-state index contributed by atoms with van der Waals surface area (Å²) in [5, 5.41) is 3.02. The maximum atomic E-state index is 11.5. The standard InChI is InChI=1S/C15H31N3O.ClH/c1-15(2,3)8-11-18-10-5-4-6-13(18)12-17-14(19)7-9-16;/h13H,4-12,16H2,1-3H3,(H,17,19);1H. The molecule has 1 aliphatic heterocycles. The van der Waals surface area contributed by atoms with Crippen LogP contribution in [-0.2, 0) is 4.79 Å². The van der Waals surface area contributed by atoms with Crippen LogP contribution in [0, 0.1) is 5.41 Å². The minimum Gasteiger partial charge on any atom is -0.354 e. The Balaban J connectivity index is 0.00000361. The molecule has 1 unspecified atom stereocenters. The predicted molar refractivity (Wildman–Crippen MR) is 87.2 cm³/mol. The van der Waals surface area contributed by atoms with E-state index in [2.05, 4.69) is 31.0 Å². The van der Waals surface area contributed by atoms with Gasteiger partial charge in [0.05, 0.1) is 0 Å². The molecule has 0 aromatic heterocycles. The van der Waals surface area contributed by atoms with Crippen LogP contribution in [0.1, 0.15) is 52.9 Å². The van der Waals surface area contributed by atoms with Gasteiger partial charge in [-0.25, -0.2) is 0 Å². The summed E-state index contributed by atoms with van der Waals surface area (Å²) in [5.74, 6) is 0.0869. The van der Waals surface area contributed by atoms with Crippen molar-refractivity contribution in [2.24, 2.45) is 11.1 Å². The largest absolute Gasteiger partial charge is 0.354 e. The second-order valence-corrected chi connectivity index (χ2v) is 6.84. The van der Waals surface area contributed by atoms with Crippen LogP contribution in [0.15, 0.2) is 0 Å². The molecule has 0 aromatic rings. The summed E-state index contributed by atoms with van der Waals surface area (Å²) in [6.07, 6.45) is 5.42. The predicted octanol–water partition coefficient (Wildman–Crippen LogP) is 2.16. The van der Waals surface area contributed by atoms with Gasteiger partial charge in [0.25, 0.3) is 0 Å². The number of carbonyl (C=O) groups excluding carboxylic acids is 1. The first-order valence-corrected chi connectivity index (χ1v) is 7.63. The Hall–Kier alpha value is -0.320. The molecule has 120 valence electrons. The van der Waals surface area contributed by atoms with E-state index in [-0.39, 0.29) is 18.3 Å². The summed E-state index contributed by atoms with van der Waals surface area (Å²) in [4.78, 5) is 14.1. The highest BCUT2D eigenvalue weighted by Gasteiger charge is 2.24. The molecular formula is C15H32ClN3O. The molecule has 0 spiro atoms. The van der Waals surface area contributed by atoms with Gasteiger partial charge in [-0.05, 0) is 37.8 Å². The molecule has 0 saturated carbocycles. The fraction of sp³-hybridized carbons (Fsp3) is 0.933. The summed E-state index contributed by atoms with van der Waals surface area (Å²) >= 11 is 0. The number of hydrogen-bond acceptors (Lipinski definition) is 3. The molecule has 5 heteroatoms. The van der Waals surface area contributed by atoms with Gasteiger partial charge in [0.15, 0.2) is 0 Å². The van der Waals surface area contributed by atoms with Gasteiger partial charge in [0.2, 0.25) is 5.91 Å².